The zero-order valence-electron chi connectivity index (χ0n) is 14.5. The molecule has 1 unspecified atom stereocenters. The molecule has 0 saturated carbocycles. The largest absolute Gasteiger partial charge is 0.497 e. The molecule has 1 aliphatic heterocycles. The van der Waals surface area contributed by atoms with E-state index >= 15 is 0 Å². The van der Waals surface area contributed by atoms with Gasteiger partial charge in [0.05, 0.1) is 7.11 Å². The van der Waals surface area contributed by atoms with Crippen molar-refractivity contribution in [2.24, 2.45) is 5.92 Å². The molecule has 0 radical (unpaired) electrons. The van der Waals surface area contributed by atoms with E-state index in [2.05, 4.69) is 39.2 Å². The van der Waals surface area contributed by atoms with Gasteiger partial charge in [0.2, 0.25) is 5.95 Å². The third-order valence-electron chi connectivity index (χ3n) is 4.44. The number of aromatic nitrogens is 2. The van der Waals surface area contributed by atoms with Crippen molar-refractivity contribution in [2.75, 3.05) is 37.0 Å². The lowest BCUT2D eigenvalue weighted by Crippen LogP contribution is -2.35. The Bertz CT molecular complexity index is 661. The van der Waals surface area contributed by atoms with E-state index in [4.69, 9.17) is 4.74 Å². The summed E-state index contributed by atoms with van der Waals surface area (Å²) in [5.74, 6) is 3.34. The normalized spacial score (nSPS) is 17.6. The van der Waals surface area contributed by atoms with Gasteiger partial charge in [0, 0.05) is 25.8 Å². The zero-order chi connectivity index (χ0) is 16.8. The Kier molecular flexibility index (Phi) is 5.51. The first-order valence-electron chi connectivity index (χ1n) is 8.69. The Balaban J connectivity index is 1.56. The van der Waals surface area contributed by atoms with E-state index < -0.39 is 0 Å². The molecule has 1 fully saturated rings. The molecule has 1 aliphatic rings. The Morgan fingerprint density at radius 3 is 3.08 bits per heavy atom. The van der Waals surface area contributed by atoms with Crippen LogP contribution >= 0.6 is 0 Å². The maximum atomic E-state index is 5.26. The molecule has 3 rings (SSSR count). The number of hydrogen-bond acceptors (Lipinski definition) is 5. The van der Waals surface area contributed by atoms with Gasteiger partial charge in [-0.3, -0.25) is 0 Å². The van der Waals surface area contributed by atoms with Crippen LogP contribution in [0.4, 0.5) is 11.8 Å². The summed E-state index contributed by atoms with van der Waals surface area (Å²) in [5.41, 5.74) is 1.25. The van der Waals surface area contributed by atoms with E-state index in [1.54, 1.807) is 7.11 Å². The summed E-state index contributed by atoms with van der Waals surface area (Å²) in [5, 5.41) is 3.40. The van der Waals surface area contributed by atoms with Crippen molar-refractivity contribution >= 4 is 11.8 Å². The lowest BCUT2D eigenvalue weighted by molar-refractivity contribution is 0.414. The van der Waals surface area contributed by atoms with Crippen LogP contribution in [-0.2, 0) is 6.42 Å². The Morgan fingerprint density at radius 1 is 1.33 bits per heavy atom. The Hall–Kier alpha value is -2.30. The van der Waals surface area contributed by atoms with Crippen LogP contribution in [0.3, 0.4) is 0 Å². The first-order valence-corrected chi connectivity index (χ1v) is 8.69. The number of piperidine rings is 1. The van der Waals surface area contributed by atoms with Gasteiger partial charge in [-0.15, -0.1) is 0 Å². The highest BCUT2D eigenvalue weighted by Crippen LogP contribution is 2.20. The predicted molar refractivity (Wildman–Crippen MR) is 97.8 cm³/mol. The van der Waals surface area contributed by atoms with E-state index in [0.717, 1.165) is 43.6 Å². The molecule has 2 heterocycles. The van der Waals surface area contributed by atoms with Gasteiger partial charge in [-0.25, -0.2) is 4.98 Å². The number of hydrogen-bond donors (Lipinski definition) is 1. The summed E-state index contributed by atoms with van der Waals surface area (Å²) >= 11 is 0. The SMILES string of the molecule is COc1cccc(CCNc2ccnc(N3CCCC(C)C3)n2)c1. The maximum absolute atomic E-state index is 5.26. The molecule has 1 N–H and O–H groups in total. The second kappa shape index (κ2) is 7.99. The fourth-order valence-corrected chi connectivity index (χ4v) is 3.13. The molecule has 2 aromatic rings. The minimum Gasteiger partial charge on any atom is -0.497 e. The molecule has 1 aromatic carbocycles. The minimum absolute atomic E-state index is 0.715. The molecule has 24 heavy (non-hydrogen) atoms. The van der Waals surface area contributed by atoms with Crippen LogP contribution in [0.5, 0.6) is 5.75 Å². The highest BCUT2D eigenvalue weighted by atomic mass is 16.5. The molecule has 5 nitrogen and oxygen atoms in total. The van der Waals surface area contributed by atoms with E-state index in [-0.39, 0.29) is 0 Å². The third-order valence-corrected chi connectivity index (χ3v) is 4.44. The molecule has 5 heteroatoms. The summed E-state index contributed by atoms with van der Waals surface area (Å²) in [6.45, 7) is 5.23. The van der Waals surface area contributed by atoms with E-state index in [1.165, 1.54) is 18.4 Å². The van der Waals surface area contributed by atoms with Gasteiger partial charge in [0.25, 0.3) is 0 Å². The molecule has 1 aromatic heterocycles. The molecule has 0 bridgehead atoms. The lowest BCUT2D eigenvalue weighted by atomic mass is 10.0. The molecule has 0 amide bonds. The van der Waals surface area contributed by atoms with Crippen LogP contribution in [0.25, 0.3) is 0 Å². The van der Waals surface area contributed by atoms with Crippen molar-refractivity contribution in [2.45, 2.75) is 26.2 Å². The molecular formula is C19H26N4O. The zero-order valence-corrected chi connectivity index (χ0v) is 14.5. The molecule has 128 valence electrons. The first-order chi connectivity index (χ1) is 11.7. The van der Waals surface area contributed by atoms with Gasteiger partial charge in [-0.2, -0.15) is 4.98 Å². The van der Waals surface area contributed by atoms with Gasteiger partial charge < -0.3 is 15.0 Å². The van der Waals surface area contributed by atoms with E-state index in [1.807, 2.05) is 24.4 Å². The second-order valence-corrected chi connectivity index (χ2v) is 6.46. The first kappa shape index (κ1) is 16.6. The summed E-state index contributed by atoms with van der Waals surface area (Å²) in [4.78, 5) is 11.4. The van der Waals surface area contributed by atoms with E-state index in [0.29, 0.717) is 5.92 Å². The summed E-state index contributed by atoms with van der Waals surface area (Å²) < 4.78 is 5.26. The van der Waals surface area contributed by atoms with Crippen LogP contribution in [0.15, 0.2) is 36.5 Å². The van der Waals surface area contributed by atoms with Gasteiger partial charge in [-0.1, -0.05) is 19.1 Å². The fourth-order valence-electron chi connectivity index (χ4n) is 3.13. The van der Waals surface area contributed by atoms with Crippen LogP contribution in [0.2, 0.25) is 0 Å². The number of benzene rings is 1. The van der Waals surface area contributed by atoms with Crippen LogP contribution in [0, 0.1) is 5.92 Å². The van der Waals surface area contributed by atoms with Crippen LogP contribution in [-0.4, -0.2) is 36.7 Å². The van der Waals surface area contributed by atoms with Gasteiger partial charge >= 0.3 is 0 Å². The second-order valence-electron chi connectivity index (χ2n) is 6.46. The summed E-state index contributed by atoms with van der Waals surface area (Å²) in [6, 6.07) is 10.1. The van der Waals surface area contributed by atoms with Crippen molar-refractivity contribution in [1.29, 1.82) is 0 Å². The molecule has 0 aliphatic carbocycles. The maximum Gasteiger partial charge on any atom is 0.227 e. The fraction of sp³-hybridized carbons (Fsp3) is 0.474. The van der Waals surface area contributed by atoms with Crippen molar-refractivity contribution < 1.29 is 4.74 Å². The number of ether oxygens (including phenoxy) is 1. The average Bonchev–Trinajstić information content (AvgIpc) is 2.62. The van der Waals surface area contributed by atoms with Gasteiger partial charge in [0.1, 0.15) is 11.6 Å². The summed E-state index contributed by atoms with van der Waals surface area (Å²) in [6.07, 6.45) is 5.29. The Labute approximate surface area is 144 Å². The number of rotatable bonds is 6. The number of nitrogens with zero attached hydrogens (tertiary/aromatic N) is 3. The smallest absolute Gasteiger partial charge is 0.227 e. The monoisotopic (exact) mass is 326 g/mol. The van der Waals surface area contributed by atoms with Crippen molar-refractivity contribution in [3.63, 3.8) is 0 Å². The third kappa shape index (κ3) is 4.37. The Morgan fingerprint density at radius 2 is 2.25 bits per heavy atom. The van der Waals surface area contributed by atoms with Crippen molar-refractivity contribution in [3.05, 3.63) is 42.1 Å². The summed E-state index contributed by atoms with van der Waals surface area (Å²) in [7, 11) is 1.70. The topological polar surface area (TPSA) is 50.3 Å². The highest BCUT2D eigenvalue weighted by molar-refractivity contribution is 5.41. The molecular weight excluding hydrogens is 300 g/mol. The van der Waals surface area contributed by atoms with E-state index in [9.17, 15) is 0 Å². The van der Waals surface area contributed by atoms with Gasteiger partial charge in [0.15, 0.2) is 0 Å². The number of nitrogens with one attached hydrogen (secondary N) is 1. The molecule has 0 spiro atoms. The van der Waals surface area contributed by atoms with Crippen LogP contribution in [0.1, 0.15) is 25.3 Å². The number of anilines is 2. The number of methoxy groups -OCH3 is 1. The molecule has 1 atom stereocenters. The van der Waals surface area contributed by atoms with Crippen LogP contribution < -0.4 is 15.0 Å². The highest BCUT2D eigenvalue weighted by Gasteiger charge is 2.18. The lowest BCUT2D eigenvalue weighted by Gasteiger charge is -2.30. The standard InChI is InChI=1S/C19H26N4O/c1-15-5-4-12-23(14-15)19-21-11-9-18(22-19)20-10-8-16-6-3-7-17(13-16)24-2/h3,6-7,9,11,13,15H,4-5,8,10,12,14H2,1-2H3,(H,20,21,22). The van der Waals surface area contributed by atoms with Crippen molar-refractivity contribution in [1.82, 2.24) is 9.97 Å². The van der Waals surface area contributed by atoms with Gasteiger partial charge in [-0.05, 0) is 48.9 Å². The quantitative estimate of drug-likeness (QED) is 0.882. The average molecular weight is 326 g/mol. The predicted octanol–water partition coefficient (Wildman–Crippen LogP) is 3.38. The minimum atomic E-state index is 0.715. The molecule has 1 saturated heterocycles. The van der Waals surface area contributed by atoms with Crippen molar-refractivity contribution in [3.8, 4) is 5.75 Å².